The molecule has 0 atom stereocenters. The molecule has 0 saturated heterocycles. The molecule has 0 aliphatic heterocycles. The van der Waals surface area contributed by atoms with E-state index < -0.39 is 0 Å². The standard InChI is InChI=1S/C9H17O/c1-3-9(10-2)7-5-4-6-8-9/h3H,4-8H2,1-2H3. The average molecular weight is 141 g/mol. The van der Waals surface area contributed by atoms with Crippen LogP contribution >= 0.6 is 0 Å². The number of methoxy groups -OCH3 is 1. The quantitative estimate of drug-likeness (QED) is 0.574. The molecular formula is C9H17O. The van der Waals surface area contributed by atoms with Gasteiger partial charge >= 0.3 is 0 Å². The Morgan fingerprint density at radius 3 is 2.10 bits per heavy atom. The topological polar surface area (TPSA) is 9.23 Å². The number of rotatable bonds is 2. The molecule has 1 aliphatic rings. The van der Waals surface area contributed by atoms with Gasteiger partial charge in [-0.1, -0.05) is 26.2 Å². The molecular weight excluding hydrogens is 124 g/mol. The van der Waals surface area contributed by atoms with Crippen molar-refractivity contribution in [2.75, 3.05) is 7.11 Å². The number of ether oxygens (including phenoxy) is 1. The van der Waals surface area contributed by atoms with Gasteiger partial charge in [-0.05, 0) is 19.3 Å². The minimum absolute atomic E-state index is 0.137. The Hall–Kier alpha value is -0.0400. The molecule has 1 heteroatoms. The van der Waals surface area contributed by atoms with E-state index in [2.05, 4.69) is 13.3 Å². The van der Waals surface area contributed by atoms with Gasteiger partial charge in [-0.15, -0.1) is 0 Å². The lowest BCUT2D eigenvalue weighted by molar-refractivity contribution is -0.0112. The molecule has 0 heterocycles. The maximum absolute atomic E-state index is 5.47. The van der Waals surface area contributed by atoms with Crippen molar-refractivity contribution in [3.8, 4) is 0 Å². The largest absolute Gasteiger partial charge is 0.378 e. The van der Waals surface area contributed by atoms with Crippen LogP contribution in [-0.4, -0.2) is 12.7 Å². The van der Waals surface area contributed by atoms with Crippen molar-refractivity contribution in [1.29, 1.82) is 0 Å². The Morgan fingerprint density at radius 2 is 1.80 bits per heavy atom. The molecule has 0 bridgehead atoms. The second kappa shape index (κ2) is 3.38. The summed E-state index contributed by atoms with van der Waals surface area (Å²) in [5, 5.41) is 0. The van der Waals surface area contributed by atoms with Gasteiger partial charge in [-0.25, -0.2) is 0 Å². The van der Waals surface area contributed by atoms with Gasteiger partial charge in [0.25, 0.3) is 0 Å². The van der Waals surface area contributed by atoms with Crippen LogP contribution < -0.4 is 0 Å². The fourth-order valence-electron chi connectivity index (χ4n) is 1.76. The minimum Gasteiger partial charge on any atom is -0.378 e. The number of hydrogen-bond donors (Lipinski definition) is 0. The first-order valence-corrected chi connectivity index (χ1v) is 4.19. The fraction of sp³-hybridized carbons (Fsp3) is 0.889. The first-order chi connectivity index (χ1) is 4.83. The van der Waals surface area contributed by atoms with Crippen LogP contribution in [0.15, 0.2) is 0 Å². The summed E-state index contributed by atoms with van der Waals surface area (Å²) in [5.74, 6) is 0. The zero-order chi connectivity index (χ0) is 7.45. The molecule has 0 amide bonds. The first-order valence-electron chi connectivity index (χ1n) is 4.19. The zero-order valence-corrected chi connectivity index (χ0v) is 7.02. The molecule has 59 valence electrons. The van der Waals surface area contributed by atoms with E-state index in [1.807, 2.05) is 7.11 Å². The summed E-state index contributed by atoms with van der Waals surface area (Å²) < 4.78 is 5.47. The predicted molar refractivity (Wildman–Crippen MR) is 42.8 cm³/mol. The van der Waals surface area contributed by atoms with Crippen LogP contribution in [0.1, 0.15) is 39.0 Å². The second-order valence-electron chi connectivity index (χ2n) is 3.12. The SMILES string of the molecule is C[CH]C1(OC)CCCCC1. The van der Waals surface area contributed by atoms with Crippen LogP contribution in [0.2, 0.25) is 0 Å². The van der Waals surface area contributed by atoms with Gasteiger partial charge in [-0.3, -0.25) is 0 Å². The molecule has 10 heavy (non-hydrogen) atoms. The third-order valence-corrected chi connectivity index (χ3v) is 2.63. The van der Waals surface area contributed by atoms with Crippen molar-refractivity contribution in [3.63, 3.8) is 0 Å². The molecule has 1 aliphatic carbocycles. The van der Waals surface area contributed by atoms with E-state index in [0.29, 0.717) is 0 Å². The van der Waals surface area contributed by atoms with E-state index in [4.69, 9.17) is 4.74 Å². The molecule has 0 aromatic heterocycles. The normalized spacial score (nSPS) is 24.6. The lowest BCUT2D eigenvalue weighted by atomic mass is 9.83. The highest BCUT2D eigenvalue weighted by molar-refractivity contribution is 4.93. The van der Waals surface area contributed by atoms with Crippen molar-refractivity contribution in [2.24, 2.45) is 0 Å². The van der Waals surface area contributed by atoms with Gasteiger partial charge in [0.2, 0.25) is 0 Å². The summed E-state index contributed by atoms with van der Waals surface area (Å²) in [5.41, 5.74) is 0.137. The van der Waals surface area contributed by atoms with Crippen molar-refractivity contribution < 1.29 is 4.74 Å². The van der Waals surface area contributed by atoms with Crippen LogP contribution in [0, 0.1) is 6.42 Å². The molecule has 1 radical (unpaired) electrons. The average Bonchev–Trinajstić information content (AvgIpc) is 2.06. The van der Waals surface area contributed by atoms with E-state index in [-0.39, 0.29) is 5.60 Å². The van der Waals surface area contributed by atoms with E-state index in [9.17, 15) is 0 Å². The third kappa shape index (κ3) is 1.51. The summed E-state index contributed by atoms with van der Waals surface area (Å²) in [4.78, 5) is 0. The highest BCUT2D eigenvalue weighted by Gasteiger charge is 2.29. The van der Waals surface area contributed by atoms with Gasteiger partial charge in [0.1, 0.15) is 0 Å². The molecule has 1 saturated carbocycles. The van der Waals surface area contributed by atoms with E-state index >= 15 is 0 Å². The molecule has 0 aromatic rings. The third-order valence-electron chi connectivity index (χ3n) is 2.63. The van der Waals surface area contributed by atoms with Gasteiger partial charge in [0.15, 0.2) is 0 Å². The van der Waals surface area contributed by atoms with E-state index in [1.54, 1.807) is 0 Å². The summed E-state index contributed by atoms with van der Waals surface area (Å²) in [6.07, 6.45) is 8.71. The number of hydrogen-bond acceptors (Lipinski definition) is 1. The van der Waals surface area contributed by atoms with Gasteiger partial charge in [0, 0.05) is 7.11 Å². The molecule has 1 nitrogen and oxygen atoms in total. The smallest absolute Gasteiger partial charge is 0.0707 e. The summed E-state index contributed by atoms with van der Waals surface area (Å²) in [7, 11) is 1.82. The van der Waals surface area contributed by atoms with Crippen LogP contribution in [0.3, 0.4) is 0 Å². The Morgan fingerprint density at radius 1 is 1.20 bits per heavy atom. The van der Waals surface area contributed by atoms with Crippen LogP contribution in [0.5, 0.6) is 0 Å². The van der Waals surface area contributed by atoms with Crippen molar-refractivity contribution in [1.82, 2.24) is 0 Å². The molecule has 0 aromatic carbocycles. The molecule has 1 rings (SSSR count). The Kier molecular flexibility index (Phi) is 2.72. The van der Waals surface area contributed by atoms with Crippen molar-refractivity contribution in [2.45, 2.75) is 44.6 Å². The molecule has 0 N–H and O–H groups in total. The highest BCUT2D eigenvalue weighted by Crippen LogP contribution is 2.32. The maximum Gasteiger partial charge on any atom is 0.0707 e. The van der Waals surface area contributed by atoms with E-state index in [0.717, 1.165) is 0 Å². The monoisotopic (exact) mass is 141 g/mol. The molecule has 0 spiro atoms. The van der Waals surface area contributed by atoms with Crippen LogP contribution in [-0.2, 0) is 4.74 Å². The minimum atomic E-state index is 0.137. The summed E-state index contributed by atoms with van der Waals surface area (Å²) >= 11 is 0. The van der Waals surface area contributed by atoms with Gasteiger partial charge in [-0.2, -0.15) is 0 Å². The predicted octanol–water partition coefficient (Wildman–Crippen LogP) is 2.56. The summed E-state index contributed by atoms with van der Waals surface area (Å²) in [6, 6.07) is 0. The highest BCUT2D eigenvalue weighted by atomic mass is 16.5. The van der Waals surface area contributed by atoms with Gasteiger partial charge in [0.05, 0.1) is 5.60 Å². The zero-order valence-electron chi connectivity index (χ0n) is 7.02. The Bertz CT molecular complexity index is 86.9. The Balaban J connectivity index is 2.44. The molecule has 1 fully saturated rings. The van der Waals surface area contributed by atoms with E-state index in [1.165, 1.54) is 32.1 Å². The Labute approximate surface area is 63.8 Å². The van der Waals surface area contributed by atoms with Crippen LogP contribution in [0.25, 0.3) is 0 Å². The van der Waals surface area contributed by atoms with Crippen molar-refractivity contribution >= 4 is 0 Å². The van der Waals surface area contributed by atoms with Crippen molar-refractivity contribution in [3.05, 3.63) is 6.42 Å². The summed E-state index contributed by atoms with van der Waals surface area (Å²) in [6.45, 7) is 2.11. The second-order valence-corrected chi connectivity index (χ2v) is 3.12. The first kappa shape index (κ1) is 8.06. The van der Waals surface area contributed by atoms with Crippen LogP contribution in [0.4, 0.5) is 0 Å². The van der Waals surface area contributed by atoms with Gasteiger partial charge < -0.3 is 4.74 Å². The lowest BCUT2D eigenvalue weighted by Gasteiger charge is -2.34. The molecule has 0 unspecified atom stereocenters. The fourth-order valence-corrected chi connectivity index (χ4v) is 1.76. The maximum atomic E-state index is 5.47. The lowest BCUT2D eigenvalue weighted by Crippen LogP contribution is -2.33.